The summed E-state index contributed by atoms with van der Waals surface area (Å²) in [5.74, 6) is 2.54. The Kier molecular flexibility index (Phi) is 8.26. The highest BCUT2D eigenvalue weighted by Gasteiger charge is 2.24. The van der Waals surface area contributed by atoms with Gasteiger partial charge >= 0.3 is 6.09 Å². The summed E-state index contributed by atoms with van der Waals surface area (Å²) in [6.45, 7) is 9.12. The number of ether oxygens (including phenoxy) is 1. The van der Waals surface area contributed by atoms with Crippen molar-refractivity contribution in [3.8, 4) is 12.3 Å². The topological polar surface area (TPSA) is 41.6 Å². The summed E-state index contributed by atoms with van der Waals surface area (Å²) in [6, 6.07) is 0.185. The van der Waals surface area contributed by atoms with Gasteiger partial charge in [0.15, 0.2) is 0 Å². The molecule has 0 bridgehead atoms. The number of rotatable bonds is 7. The smallest absolute Gasteiger partial charge is 0.410 e. The molecular formula is C15H28N2O2. The molecule has 0 heterocycles. The van der Waals surface area contributed by atoms with E-state index in [4.69, 9.17) is 11.2 Å². The summed E-state index contributed by atoms with van der Waals surface area (Å²) < 4.78 is 5.39. The van der Waals surface area contributed by atoms with Gasteiger partial charge in [-0.2, -0.15) is 0 Å². The number of nitrogens with one attached hydrogen (secondary N) is 1. The van der Waals surface area contributed by atoms with Crippen molar-refractivity contribution in [2.24, 2.45) is 0 Å². The predicted molar refractivity (Wildman–Crippen MR) is 79.0 cm³/mol. The Morgan fingerprint density at radius 3 is 2.53 bits per heavy atom. The van der Waals surface area contributed by atoms with E-state index in [1.165, 1.54) is 0 Å². The highest BCUT2D eigenvalue weighted by Crippen LogP contribution is 2.14. The lowest BCUT2D eigenvalue weighted by molar-refractivity contribution is 0.0207. The van der Waals surface area contributed by atoms with Gasteiger partial charge in [-0.1, -0.05) is 19.3 Å². The van der Waals surface area contributed by atoms with Gasteiger partial charge in [-0.3, -0.25) is 0 Å². The average molecular weight is 268 g/mol. The van der Waals surface area contributed by atoms with Crippen molar-refractivity contribution in [1.82, 2.24) is 10.2 Å². The third-order valence-corrected chi connectivity index (χ3v) is 2.73. The maximum Gasteiger partial charge on any atom is 0.410 e. The molecule has 0 aliphatic heterocycles. The fourth-order valence-electron chi connectivity index (χ4n) is 1.78. The van der Waals surface area contributed by atoms with E-state index in [-0.39, 0.29) is 12.1 Å². The van der Waals surface area contributed by atoms with Crippen LogP contribution < -0.4 is 5.32 Å². The van der Waals surface area contributed by atoms with E-state index in [0.717, 1.165) is 25.8 Å². The van der Waals surface area contributed by atoms with E-state index in [9.17, 15) is 4.79 Å². The average Bonchev–Trinajstić information content (AvgIpc) is 2.30. The summed E-state index contributed by atoms with van der Waals surface area (Å²) >= 11 is 0. The molecule has 0 saturated carbocycles. The highest BCUT2D eigenvalue weighted by molar-refractivity contribution is 5.68. The molecule has 1 amide bonds. The Bertz CT molecular complexity index is 302. The first-order chi connectivity index (χ1) is 8.81. The summed E-state index contributed by atoms with van der Waals surface area (Å²) in [7, 11) is 1.80. The monoisotopic (exact) mass is 268 g/mol. The summed E-state index contributed by atoms with van der Waals surface area (Å²) in [6.07, 6.45) is 7.80. The number of amides is 1. The molecule has 0 radical (unpaired) electrons. The Hall–Kier alpha value is -1.21. The zero-order valence-electron chi connectivity index (χ0n) is 13.0. The number of hydrogen-bond donors (Lipinski definition) is 1. The van der Waals surface area contributed by atoms with Gasteiger partial charge in [-0.05, 0) is 40.2 Å². The predicted octanol–water partition coefficient (Wildman–Crippen LogP) is 2.63. The van der Waals surface area contributed by atoms with Crippen LogP contribution in [0.2, 0.25) is 0 Å². The number of hydrogen-bond acceptors (Lipinski definition) is 3. The molecule has 0 aromatic rings. The Balaban J connectivity index is 4.35. The van der Waals surface area contributed by atoms with E-state index in [1.807, 2.05) is 20.8 Å². The summed E-state index contributed by atoms with van der Waals surface area (Å²) in [4.78, 5) is 13.7. The second-order valence-corrected chi connectivity index (χ2v) is 5.70. The molecule has 0 aromatic carbocycles. The quantitative estimate of drug-likeness (QED) is 0.570. The second kappa shape index (κ2) is 8.82. The Morgan fingerprint density at radius 2 is 2.05 bits per heavy atom. The van der Waals surface area contributed by atoms with Crippen LogP contribution >= 0.6 is 0 Å². The zero-order chi connectivity index (χ0) is 14.9. The molecule has 0 aromatic heterocycles. The van der Waals surface area contributed by atoms with E-state index in [2.05, 4.69) is 18.2 Å². The van der Waals surface area contributed by atoms with Crippen LogP contribution in [0.4, 0.5) is 4.79 Å². The van der Waals surface area contributed by atoms with Crippen molar-refractivity contribution >= 4 is 6.09 Å². The minimum absolute atomic E-state index is 0.185. The minimum Gasteiger partial charge on any atom is -0.444 e. The number of nitrogens with zero attached hydrogens (tertiary/aromatic N) is 1. The molecule has 0 spiro atoms. The molecule has 1 N–H and O–H groups in total. The van der Waals surface area contributed by atoms with Crippen LogP contribution in [-0.2, 0) is 4.74 Å². The van der Waals surface area contributed by atoms with Gasteiger partial charge in [0, 0.05) is 13.1 Å². The van der Waals surface area contributed by atoms with E-state index in [0.29, 0.717) is 6.54 Å². The van der Waals surface area contributed by atoms with Crippen LogP contribution in [0.25, 0.3) is 0 Å². The molecule has 0 saturated heterocycles. The number of carbonyl (C=O) groups is 1. The molecule has 1 unspecified atom stereocenters. The van der Waals surface area contributed by atoms with Gasteiger partial charge in [0.2, 0.25) is 0 Å². The fraction of sp³-hybridized carbons (Fsp3) is 0.800. The van der Waals surface area contributed by atoms with Crippen LogP contribution in [-0.4, -0.2) is 42.8 Å². The van der Waals surface area contributed by atoms with Crippen LogP contribution in [0, 0.1) is 12.3 Å². The van der Waals surface area contributed by atoms with E-state index < -0.39 is 5.60 Å². The lowest BCUT2D eigenvalue weighted by Gasteiger charge is -2.30. The third kappa shape index (κ3) is 8.50. The lowest BCUT2D eigenvalue weighted by Crippen LogP contribution is -2.42. The maximum absolute atomic E-state index is 12.0. The van der Waals surface area contributed by atoms with Crippen molar-refractivity contribution in [2.45, 2.75) is 58.6 Å². The van der Waals surface area contributed by atoms with Crippen molar-refractivity contribution in [1.29, 1.82) is 0 Å². The SMILES string of the molecule is C#CCNCCC(CCC)N(C)C(=O)OC(C)(C)C. The Morgan fingerprint density at radius 1 is 1.42 bits per heavy atom. The minimum atomic E-state index is -0.455. The van der Waals surface area contributed by atoms with E-state index >= 15 is 0 Å². The van der Waals surface area contributed by atoms with Crippen LogP contribution in [0.5, 0.6) is 0 Å². The highest BCUT2D eigenvalue weighted by atomic mass is 16.6. The maximum atomic E-state index is 12.0. The molecule has 0 rings (SSSR count). The molecule has 0 fully saturated rings. The van der Waals surface area contributed by atoms with Crippen molar-refractivity contribution in [3.05, 3.63) is 0 Å². The molecule has 0 aliphatic rings. The van der Waals surface area contributed by atoms with Gasteiger partial charge < -0.3 is 15.0 Å². The standard InChI is InChI=1S/C15H28N2O2/c1-7-9-13(10-12-16-11-8-2)17(6)14(18)19-15(3,4)5/h2,13,16H,7,9-12H2,1,3-6H3. The summed E-state index contributed by atoms with van der Waals surface area (Å²) in [5.41, 5.74) is -0.455. The Labute approximate surface area is 117 Å². The second-order valence-electron chi connectivity index (χ2n) is 5.70. The third-order valence-electron chi connectivity index (χ3n) is 2.73. The van der Waals surface area contributed by atoms with Crippen LogP contribution in [0.1, 0.15) is 47.0 Å². The molecule has 4 nitrogen and oxygen atoms in total. The van der Waals surface area contributed by atoms with Gasteiger partial charge in [0.25, 0.3) is 0 Å². The number of terminal acetylenes is 1. The van der Waals surface area contributed by atoms with Crippen molar-refractivity contribution < 1.29 is 9.53 Å². The normalized spacial score (nSPS) is 12.6. The molecule has 0 aliphatic carbocycles. The molecule has 110 valence electrons. The van der Waals surface area contributed by atoms with Gasteiger partial charge in [0.1, 0.15) is 5.60 Å². The molecule has 19 heavy (non-hydrogen) atoms. The van der Waals surface area contributed by atoms with Crippen LogP contribution in [0.3, 0.4) is 0 Å². The van der Waals surface area contributed by atoms with Crippen LogP contribution in [0.15, 0.2) is 0 Å². The zero-order valence-corrected chi connectivity index (χ0v) is 13.0. The fourth-order valence-corrected chi connectivity index (χ4v) is 1.78. The molecule has 4 heteroatoms. The van der Waals surface area contributed by atoms with Gasteiger partial charge in [0.05, 0.1) is 6.54 Å². The van der Waals surface area contributed by atoms with Gasteiger partial charge in [-0.25, -0.2) is 4.79 Å². The lowest BCUT2D eigenvalue weighted by atomic mass is 10.1. The largest absolute Gasteiger partial charge is 0.444 e. The first-order valence-electron chi connectivity index (χ1n) is 6.91. The molecular weight excluding hydrogens is 240 g/mol. The molecule has 1 atom stereocenters. The van der Waals surface area contributed by atoms with Crippen molar-refractivity contribution in [3.63, 3.8) is 0 Å². The summed E-state index contributed by atoms with van der Waals surface area (Å²) in [5, 5.41) is 3.15. The van der Waals surface area contributed by atoms with Crippen molar-refractivity contribution in [2.75, 3.05) is 20.1 Å². The first kappa shape index (κ1) is 17.8. The van der Waals surface area contributed by atoms with E-state index in [1.54, 1.807) is 11.9 Å². The first-order valence-corrected chi connectivity index (χ1v) is 6.91. The van der Waals surface area contributed by atoms with Gasteiger partial charge in [-0.15, -0.1) is 6.42 Å². The number of carbonyl (C=O) groups excluding carboxylic acids is 1.